The molecule has 0 aromatic heterocycles. The lowest BCUT2D eigenvalue weighted by Crippen LogP contribution is -2.30. The van der Waals surface area contributed by atoms with Gasteiger partial charge in [-0.1, -0.05) is 41.9 Å². The Morgan fingerprint density at radius 1 is 1.12 bits per heavy atom. The second-order valence-electron chi connectivity index (χ2n) is 5.20. The van der Waals surface area contributed by atoms with Gasteiger partial charge in [-0.25, -0.2) is 13.1 Å². The van der Waals surface area contributed by atoms with Gasteiger partial charge >= 0.3 is 0 Å². The van der Waals surface area contributed by atoms with E-state index < -0.39 is 16.1 Å². The lowest BCUT2D eigenvalue weighted by atomic mass is 10.1. The van der Waals surface area contributed by atoms with Crippen LogP contribution in [0.5, 0.6) is 5.75 Å². The molecule has 0 aliphatic heterocycles. The maximum absolute atomic E-state index is 12.3. The number of benzene rings is 2. The fourth-order valence-electron chi connectivity index (χ4n) is 2.25. The standard InChI is InChI=1S/C17H20ClNO4S/c1-22-15-8-5-7-13(10-15)17(23-2)11-19-24(20,21)12-14-6-3-4-9-16(14)18/h3-10,17,19H,11-12H2,1-2H3/t17-/m0/s1. The SMILES string of the molecule is COc1cccc([C@H](CNS(=O)(=O)Cc2ccccc2Cl)OC)c1. The maximum atomic E-state index is 12.3. The summed E-state index contributed by atoms with van der Waals surface area (Å²) in [6.45, 7) is 0.121. The van der Waals surface area contributed by atoms with E-state index in [0.29, 0.717) is 16.3 Å². The average Bonchev–Trinajstić information content (AvgIpc) is 2.57. The molecule has 130 valence electrons. The summed E-state index contributed by atoms with van der Waals surface area (Å²) in [7, 11) is -0.421. The number of nitrogens with one attached hydrogen (secondary N) is 1. The van der Waals surface area contributed by atoms with Gasteiger partial charge in [-0.3, -0.25) is 0 Å². The Morgan fingerprint density at radius 2 is 1.88 bits per heavy atom. The molecule has 0 aliphatic rings. The highest BCUT2D eigenvalue weighted by Crippen LogP contribution is 2.22. The smallest absolute Gasteiger partial charge is 0.215 e. The van der Waals surface area contributed by atoms with Gasteiger partial charge in [0.1, 0.15) is 5.75 Å². The van der Waals surface area contributed by atoms with Crippen molar-refractivity contribution in [2.45, 2.75) is 11.9 Å². The van der Waals surface area contributed by atoms with Crippen LogP contribution in [-0.4, -0.2) is 29.2 Å². The van der Waals surface area contributed by atoms with Crippen molar-refractivity contribution in [2.24, 2.45) is 0 Å². The molecule has 0 unspecified atom stereocenters. The summed E-state index contributed by atoms with van der Waals surface area (Å²) in [4.78, 5) is 0. The van der Waals surface area contributed by atoms with Crippen LogP contribution in [0.15, 0.2) is 48.5 Å². The first kappa shape index (κ1) is 18.7. The topological polar surface area (TPSA) is 64.6 Å². The Hall–Kier alpha value is -1.60. The first-order chi connectivity index (χ1) is 11.4. The monoisotopic (exact) mass is 369 g/mol. The molecule has 2 aromatic rings. The van der Waals surface area contributed by atoms with Gasteiger partial charge in [-0.2, -0.15) is 0 Å². The third kappa shape index (κ3) is 5.21. The third-order valence-electron chi connectivity index (χ3n) is 3.54. The van der Waals surface area contributed by atoms with Gasteiger partial charge in [0.2, 0.25) is 10.0 Å². The van der Waals surface area contributed by atoms with Gasteiger partial charge in [0.05, 0.1) is 19.0 Å². The molecule has 0 saturated heterocycles. The van der Waals surface area contributed by atoms with E-state index in [-0.39, 0.29) is 12.3 Å². The van der Waals surface area contributed by atoms with Crippen LogP contribution in [0.1, 0.15) is 17.2 Å². The van der Waals surface area contributed by atoms with Crippen LogP contribution in [-0.2, 0) is 20.5 Å². The summed E-state index contributed by atoms with van der Waals surface area (Å²) >= 11 is 6.02. The molecule has 0 heterocycles. The molecule has 5 nitrogen and oxygen atoms in total. The quantitative estimate of drug-likeness (QED) is 0.776. The molecule has 1 N–H and O–H groups in total. The zero-order valence-corrected chi connectivity index (χ0v) is 15.1. The minimum absolute atomic E-state index is 0.121. The highest BCUT2D eigenvalue weighted by Gasteiger charge is 2.18. The molecule has 2 aromatic carbocycles. The van der Waals surface area contributed by atoms with Gasteiger partial charge < -0.3 is 9.47 Å². The molecule has 0 spiro atoms. The second-order valence-corrected chi connectivity index (χ2v) is 7.41. The molecule has 0 radical (unpaired) electrons. The molecule has 0 fully saturated rings. The van der Waals surface area contributed by atoms with Crippen LogP contribution >= 0.6 is 11.6 Å². The number of hydrogen-bond donors (Lipinski definition) is 1. The Balaban J connectivity index is 2.05. The molecular formula is C17H20ClNO4S. The van der Waals surface area contributed by atoms with Gasteiger partial charge in [0, 0.05) is 18.7 Å². The van der Waals surface area contributed by atoms with Gasteiger partial charge in [0.25, 0.3) is 0 Å². The van der Waals surface area contributed by atoms with Crippen molar-refractivity contribution in [1.29, 1.82) is 0 Å². The summed E-state index contributed by atoms with van der Waals surface area (Å²) < 4.78 is 37.7. The molecular weight excluding hydrogens is 350 g/mol. The van der Waals surface area contributed by atoms with Gasteiger partial charge in [0.15, 0.2) is 0 Å². The van der Waals surface area contributed by atoms with Crippen molar-refractivity contribution in [3.8, 4) is 5.75 Å². The van der Waals surface area contributed by atoms with Crippen LogP contribution in [0.2, 0.25) is 5.02 Å². The maximum Gasteiger partial charge on any atom is 0.215 e. The van der Waals surface area contributed by atoms with E-state index >= 15 is 0 Å². The lowest BCUT2D eigenvalue weighted by Gasteiger charge is -2.17. The van der Waals surface area contributed by atoms with Crippen molar-refractivity contribution < 1.29 is 17.9 Å². The predicted octanol–water partition coefficient (Wildman–Crippen LogP) is 3.16. The van der Waals surface area contributed by atoms with E-state index in [2.05, 4.69) is 4.72 Å². The molecule has 2 rings (SSSR count). The molecule has 7 heteroatoms. The zero-order valence-electron chi connectivity index (χ0n) is 13.5. The number of hydrogen-bond acceptors (Lipinski definition) is 4. The van der Waals surface area contributed by atoms with Crippen LogP contribution in [0.25, 0.3) is 0 Å². The number of rotatable bonds is 8. The first-order valence-electron chi connectivity index (χ1n) is 7.32. The Morgan fingerprint density at radius 3 is 2.54 bits per heavy atom. The number of ether oxygens (including phenoxy) is 2. The largest absolute Gasteiger partial charge is 0.497 e. The van der Waals surface area contributed by atoms with E-state index in [1.54, 1.807) is 31.4 Å². The van der Waals surface area contributed by atoms with Crippen LogP contribution < -0.4 is 9.46 Å². The minimum Gasteiger partial charge on any atom is -0.497 e. The van der Waals surface area contributed by atoms with Crippen LogP contribution in [0.3, 0.4) is 0 Å². The Bertz CT molecular complexity index is 780. The summed E-state index contributed by atoms with van der Waals surface area (Å²) in [5.74, 6) is 0.509. The summed E-state index contributed by atoms with van der Waals surface area (Å²) in [5, 5.41) is 0.430. The van der Waals surface area contributed by atoms with Crippen molar-refractivity contribution >= 4 is 21.6 Å². The predicted molar refractivity (Wildman–Crippen MR) is 94.8 cm³/mol. The molecule has 0 bridgehead atoms. The first-order valence-corrected chi connectivity index (χ1v) is 9.35. The minimum atomic E-state index is -3.53. The van der Waals surface area contributed by atoms with E-state index in [1.165, 1.54) is 7.11 Å². The average molecular weight is 370 g/mol. The van der Waals surface area contributed by atoms with Gasteiger partial charge in [-0.05, 0) is 29.3 Å². The third-order valence-corrected chi connectivity index (χ3v) is 5.21. The van der Waals surface area contributed by atoms with Crippen molar-refractivity contribution in [1.82, 2.24) is 4.72 Å². The highest BCUT2D eigenvalue weighted by atomic mass is 35.5. The van der Waals surface area contributed by atoms with Gasteiger partial charge in [-0.15, -0.1) is 0 Å². The summed E-state index contributed by atoms with van der Waals surface area (Å²) in [6, 6.07) is 14.2. The van der Waals surface area contributed by atoms with Crippen molar-refractivity contribution in [3.05, 3.63) is 64.7 Å². The molecule has 24 heavy (non-hydrogen) atoms. The number of methoxy groups -OCH3 is 2. The summed E-state index contributed by atoms with van der Waals surface area (Å²) in [6.07, 6.45) is -0.416. The fraction of sp³-hybridized carbons (Fsp3) is 0.294. The lowest BCUT2D eigenvalue weighted by molar-refractivity contribution is 0.107. The van der Waals surface area contributed by atoms with Crippen molar-refractivity contribution in [3.63, 3.8) is 0 Å². The fourth-order valence-corrected chi connectivity index (χ4v) is 3.70. The van der Waals surface area contributed by atoms with E-state index in [4.69, 9.17) is 21.1 Å². The van der Waals surface area contributed by atoms with Crippen LogP contribution in [0.4, 0.5) is 0 Å². The molecule has 1 atom stereocenters. The second kappa shape index (κ2) is 8.48. The normalized spacial score (nSPS) is 12.8. The Labute approximate surface area is 147 Å². The summed E-state index contributed by atoms with van der Waals surface area (Å²) in [5.41, 5.74) is 1.39. The molecule has 0 amide bonds. The van der Waals surface area contributed by atoms with E-state index in [9.17, 15) is 8.42 Å². The van der Waals surface area contributed by atoms with E-state index in [0.717, 1.165) is 5.56 Å². The van der Waals surface area contributed by atoms with E-state index in [1.807, 2.05) is 24.3 Å². The number of halogens is 1. The van der Waals surface area contributed by atoms with Crippen LogP contribution in [0, 0.1) is 0 Å². The van der Waals surface area contributed by atoms with Crippen molar-refractivity contribution in [2.75, 3.05) is 20.8 Å². The highest BCUT2D eigenvalue weighted by molar-refractivity contribution is 7.88. The number of sulfonamides is 1. The zero-order chi connectivity index (χ0) is 17.6. The molecule has 0 aliphatic carbocycles. The Kier molecular flexibility index (Phi) is 6.62. The molecule has 0 saturated carbocycles.